The zero-order valence-electron chi connectivity index (χ0n) is 10.8. The van der Waals surface area contributed by atoms with Gasteiger partial charge < -0.3 is 5.32 Å². The minimum absolute atomic E-state index is 0.206. The van der Waals surface area contributed by atoms with Crippen molar-refractivity contribution in [3.8, 4) is 6.07 Å². The van der Waals surface area contributed by atoms with Gasteiger partial charge in [0.1, 0.15) is 0 Å². The van der Waals surface area contributed by atoms with Crippen molar-refractivity contribution >= 4 is 17.3 Å². The van der Waals surface area contributed by atoms with E-state index >= 15 is 0 Å². The highest BCUT2D eigenvalue weighted by atomic mass is 35.5. The highest BCUT2D eigenvalue weighted by molar-refractivity contribution is 6.33. The number of hydrogen-bond acceptors (Lipinski definition) is 2. The van der Waals surface area contributed by atoms with Gasteiger partial charge in [0.25, 0.3) is 0 Å². The number of hydrogen-bond donors (Lipinski definition) is 1. The van der Waals surface area contributed by atoms with E-state index in [0.29, 0.717) is 16.5 Å². The fraction of sp³-hybridized carbons (Fsp3) is 0.500. The second kappa shape index (κ2) is 5.42. The summed E-state index contributed by atoms with van der Waals surface area (Å²) in [5.41, 5.74) is 1.68. The van der Waals surface area contributed by atoms with Crippen molar-refractivity contribution in [1.29, 1.82) is 5.26 Å². The molecule has 0 amide bonds. The predicted octanol–water partition coefficient (Wildman–Crippen LogP) is 4.31. The van der Waals surface area contributed by atoms with Crippen LogP contribution in [0, 0.1) is 22.7 Å². The van der Waals surface area contributed by atoms with Crippen LogP contribution in [-0.2, 0) is 0 Å². The molecule has 0 aromatic heterocycles. The van der Waals surface area contributed by atoms with Gasteiger partial charge in [-0.05, 0) is 29.5 Å². The minimum atomic E-state index is 0.206. The Morgan fingerprint density at radius 3 is 2.53 bits per heavy atom. The molecule has 0 aliphatic heterocycles. The molecule has 0 saturated heterocycles. The number of nitrogens with zero attached hydrogens (tertiary/aromatic N) is 1. The van der Waals surface area contributed by atoms with Gasteiger partial charge in [-0.15, -0.1) is 0 Å². The number of halogens is 1. The van der Waals surface area contributed by atoms with Crippen molar-refractivity contribution in [3.63, 3.8) is 0 Å². The zero-order chi connectivity index (χ0) is 13.1. The van der Waals surface area contributed by atoms with E-state index in [0.717, 1.165) is 12.2 Å². The second-order valence-electron chi connectivity index (χ2n) is 5.30. The van der Waals surface area contributed by atoms with Gasteiger partial charge in [0.05, 0.1) is 22.3 Å². The standard InChI is InChI=1S/C14H19ClN2/c1-10(2)14(3,4)9-17-13-6-5-11(8-16)7-12(13)15/h5-7,10,17H,9H2,1-4H3. The Hall–Kier alpha value is -1.20. The molecule has 1 N–H and O–H groups in total. The van der Waals surface area contributed by atoms with Crippen LogP contribution in [0.1, 0.15) is 33.3 Å². The van der Waals surface area contributed by atoms with E-state index in [9.17, 15) is 0 Å². The van der Waals surface area contributed by atoms with Crippen molar-refractivity contribution in [2.45, 2.75) is 27.7 Å². The molecule has 0 aliphatic carbocycles. The van der Waals surface area contributed by atoms with Gasteiger partial charge in [-0.2, -0.15) is 5.26 Å². The van der Waals surface area contributed by atoms with Crippen LogP contribution >= 0.6 is 11.6 Å². The number of rotatable bonds is 4. The smallest absolute Gasteiger partial charge is 0.0992 e. The maximum Gasteiger partial charge on any atom is 0.0992 e. The average Bonchev–Trinajstić information content (AvgIpc) is 2.27. The Balaban J connectivity index is 2.74. The van der Waals surface area contributed by atoms with Crippen molar-refractivity contribution < 1.29 is 0 Å². The molecule has 0 fully saturated rings. The van der Waals surface area contributed by atoms with E-state index in [-0.39, 0.29) is 5.41 Å². The molecule has 0 saturated carbocycles. The molecule has 1 rings (SSSR count). The van der Waals surface area contributed by atoms with E-state index in [1.807, 2.05) is 6.07 Å². The van der Waals surface area contributed by atoms with Gasteiger partial charge in [-0.1, -0.05) is 39.3 Å². The average molecular weight is 251 g/mol. The Bertz CT molecular complexity index is 430. The lowest BCUT2D eigenvalue weighted by atomic mass is 9.81. The lowest BCUT2D eigenvalue weighted by Gasteiger charge is -2.30. The molecule has 1 aromatic rings. The number of nitrogens with one attached hydrogen (secondary N) is 1. The van der Waals surface area contributed by atoms with Crippen molar-refractivity contribution in [3.05, 3.63) is 28.8 Å². The summed E-state index contributed by atoms with van der Waals surface area (Å²) in [6, 6.07) is 7.39. The van der Waals surface area contributed by atoms with E-state index in [1.54, 1.807) is 12.1 Å². The molecule has 2 nitrogen and oxygen atoms in total. The molecule has 0 spiro atoms. The van der Waals surface area contributed by atoms with Crippen LogP contribution in [0.25, 0.3) is 0 Å². The maximum atomic E-state index is 8.76. The normalized spacial score (nSPS) is 11.4. The summed E-state index contributed by atoms with van der Waals surface area (Å²) in [4.78, 5) is 0. The summed E-state index contributed by atoms with van der Waals surface area (Å²) in [5.74, 6) is 0.590. The monoisotopic (exact) mass is 250 g/mol. The lowest BCUT2D eigenvalue weighted by molar-refractivity contribution is 0.270. The van der Waals surface area contributed by atoms with Crippen molar-refractivity contribution in [1.82, 2.24) is 0 Å². The third-order valence-electron chi connectivity index (χ3n) is 3.40. The third kappa shape index (κ3) is 3.64. The minimum Gasteiger partial charge on any atom is -0.383 e. The van der Waals surface area contributed by atoms with Crippen LogP contribution < -0.4 is 5.32 Å². The maximum absolute atomic E-state index is 8.76. The topological polar surface area (TPSA) is 35.8 Å². The number of nitriles is 1. The van der Waals surface area contributed by atoms with Crippen molar-refractivity contribution in [2.75, 3.05) is 11.9 Å². The Morgan fingerprint density at radius 1 is 1.41 bits per heavy atom. The summed E-state index contributed by atoms with van der Waals surface area (Å²) in [5, 5.41) is 12.7. The van der Waals surface area contributed by atoms with Gasteiger partial charge in [-0.25, -0.2) is 0 Å². The number of benzene rings is 1. The summed E-state index contributed by atoms with van der Waals surface area (Å²) < 4.78 is 0. The van der Waals surface area contributed by atoms with Crippen LogP contribution in [0.2, 0.25) is 5.02 Å². The SMILES string of the molecule is CC(C)C(C)(C)CNc1ccc(C#N)cc1Cl. The fourth-order valence-corrected chi connectivity index (χ4v) is 1.50. The molecule has 0 unspecified atom stereocenters. The van der Waals surface area contributed by atoms with Crippen LogP contribution in [0.5, 0.6) is 0 Å². The van der Waals surface area contributed by atoms with Gasteiger partial charge in [0, 0.05) is 6.54 Å². The van der Waals surface area contributed by atoms with E-state index in [1.165, 1.54) is 0 Å². The second-order valence-corrected chi connectivity index (χ2v) is 5.71. The lowest BCUT2D eigenvalue weighted by Crippen LogP contribution is -2.28. The van der Waals surface area contributed by atoms with Gasteiger partial charge in [0.2, 0.25) is 0 Å². The molecule has 0 atom stereocenters. The van der Waals surface area contributed by atoms with Gasteiger partial charge in [0.15, 0.2) is 0 Å². The summed E-state index contributed by atoms with van der Waals surface area (Å²) in [7, 11) is 0. The number of anilines is 1. The van der Waals surface area contributed by atoms with Crippen molar-refractivity contribution in [2.24, 2.45) is 11.3 Å². The fourth-order valence-electron chi connectivity index (χ4n) is 1.26. The highest BCUT2D eigenvalue weighted by Crippen LogP contribution is 2.28. The molecule has 0 heterocycles. The molecule has 0 bridgehead atoms. The highest BCUT2D eigenvalue weighted by Gasteiger charge is 2.22. The molecule has 17 heavy (non-hydrogen) atoms. The van der Waals surface area contributed by atoms with Crippen LogP contribution in [-0.4, -0.2) is 6.54 Å². The van der Waals surface area contributed by atoms with Gasteiger partial charge >= 0.3 is 0 Å². The van der Waals surface area contributed by atoms with E-state index in [4.69, 9.17) is 16.9 Å². The first-order valence-electron chi connectivity index (χ1n) is 5.80. The Labute approximate surface area is 109 Å². The first-order chi connectivity index (χ1) is 7.86. The molecule has 1 aromatic carbocycles. The van der Waals surface area contributed by atoms with Crippen LogP contribution in [0.3, 0.4) is 0 Å². The molecule has 3 heteroatoms. The Morgan fingerprint density at radius 2 is 2.06 bits per heavy atom. The molecular weight excluding hydrogens is 232 g/mol. The van der Waals surface area contributed by atoms with Gasteiger partial charge in [-0.3, -0.25) is 0 Å². The Kier molecular flexibility index (Phi) is 4.42. The molecule has 92 valence electrons. The predicted molar refractivity (Wildman–Crippen MR) is 73.3 cm³/mol. The largest absolute Gasteiger partial charge is 0.383 e. The first kappa shape index (κ1) is 13.9. The van der Waals surface area contributed by atoms with E-state index < -0.39 is 0 Å². The quantitative estimate of drug-likeness (QED) is 0.865. The summed E-state index contributed by atoms with van der Waals surface area (Å²) >= 11 is 6.10. The van der Waals surface area contributed by atoms with E-state index in [2.05, 4.69) is 39.1 Å². The molecule has 0 aliphatic rings. The molecule has 0 radical (unpaired) electrons. The summed E-state index contributed by atoms with van der Waals surface area (Å²) in [6.07, 6.45) is 0. The first-order valence-corrected chi connectivity index (χ1v) is 6.18. The summed E-state index contributed by atoms with van der Waals surface area (Å²) in [6.45, 7) is 9.73. The molecular formula is C14H19ClN2. The zero-order valence-corrected chi connectivity index (χ0v) is 11.6. The third-order valence-corrected chi connectivity index (χ3v) is 3.71. The van der Waals surface area contributed by atoms with Crippen LogP contribution in [0.15, 0.2) is 18.2 Å². The van der Waals surface area contributed by atoms with Crippen LogP contribution in [0.4, 0.5) is 5.69 Å².